The average molecular weight is 408 g/mol. The fraction of sp³-hybridized carbons (Fsp3) is 0.400. The third-order valence-electron chi connectivity index (χ3n) is 5.09. The van der Waals surface area contributed by atoms with E-state index in [9.17, 15) is 23.5 Å². The largest absolute Gasteiger partial charge is 0.388 e. The number of carbonyl (C=O) groups is 2. The van der Waals surface area contributed by atoms with Crippen LogP contribution in [0.1, 0.15) is 48.5 Å². The molecule has 1 saturated carbocycles. The summed E-state index contributed by atoms with van der Waals surface area (Å²) < 4.78 is 26.6. The van der Waals surface area contributed by atoms with Crippen molar-refractivity contribution < 1.29 is 23.5 Å². The molecule has 150 valence electrons. The molecule has 1 aromatic heterocycles. The van der Waals surface area contributed by atoms with Crippen molar-refractivity contribution in [2.24, 2.45) is 0 Å². The summed E-state index contributed by atoms with van der Waals surface area (Å²) in [4.78, 5) is 26.2. The highest BCUT2D eigenvalue weighted by Crippen LogP contribution is 2.44. The molecule has 1 aliphatic rings. The Morgan fingerprint density at radius 3 is 2.50 bits per heavy atom. The standard InChI is InChI=1S/C20H22F2N2O3S/c1-12(25)16-6-7-17(28-16)20(8-2-3-9-20)11-23-18(26)19(27)24-15-5-4-13(21)10-14(15)22/h4-7,10,12,25H,2-3,8-9,11H2,1H3,(H,23,26)(H,24,27). The lowest BCUT2D eigenvalue weighted by Crippen LogP contribution is -2.43. The lowest BCUT2D eigenvalue weighted by molar-refractivity contribution is -0.136. The minimum atomic E-state index is -1.01. The van der Waals surface area contributed by atoms with Gasteiger partial charge in [-0.3, -0.25) is 9.59 Å². The van der Waals surface area contributed by atoms with Gasteiger partial charge in [0, 0.05) is 27.8 Å². The number of anilines is 1. The van der Waals surface area contributed by atoms with Crippen LogP contribution < -0.4 is 10.6 Å². The zero-order chi connectivity index (χ0) is 20.3. The summed E-state index contributed by atoms with van der Waals surface area (Å²) in [6.45, 7) is 1.99. The van der Waals surface area contributed by atoms with E-state index < -0.39 is 29.6 Å². The van der Waals surface area contributed by atoms with Crippen LogP contribution in [0.5, 0.6) is 0 Å². The van der Waals surface area contributed by atoms with Gasteiger partial charge in [-0.15, -0.1) is 11.3 Å². The summed E-state index contributed by atoms with van der Waals surface area (Å²) in [7, 11) is 0. The molecular weight excluding hydrogens is 386 g/mol. The van der Waals surface area contributed by atoms with E-state index in [0.29, 0.717) is 6.07 Å². The van der Waals surface area contributed by atoms with Crippen LogP contribution in [0.15, 0.2) is 30.3 Å². The SMILES string of the molecule is CC(O)c1ccc(C2(CNC(=O)C(=O)Nc3ccc(F)cc3F)CCCC2)s1. The molecule has 5 nitrogen and oxygen atoms in total. The van der Waals surface area contributed by atoms with Gasteiger partial charge in [0.15, 0.2) is 0 Å². The predicted octanol–water partition coefficient (Wildman–Crippen LogP) is 3.65. The van der Waals surface area contributed by atoms with Crippen molar-refractivity contribution in [3.8, 4) is 0 Å². The van der Waals surface area contributed by atoms with E-state index in [-0.39, 0.29) is 17.6 Å². The number of carbonyl (C=O) groups excluding carboxylic acids is 2. The van der Waals surface area contributed by atoms with Gasteiger partial charge in [0.25, 0.3) is 0 Å². The topological polar surface area (TPSA) is 78.4 Å². The summed E-state index contributed by atoms with van der Waals surface area (Å²) >= 11 is 1.52. The molecule has 1 fully saturated rings. The van der Waals surface area contributed by atoms with Crippen LogP contribution in [0, 0.1) is 11.6 Å². The first-order valence-electron chi connectivity index (χ1n) is 9.13. The van der Waals surface area contributed by atoms with E-state index in [1.54, 1.807) is 6.92 Å². The summed E-state index contributed by atoms with van der Waals surface area (Å²) in [6.07, 6.45) is 3.24. The third kappa shape index (κ3) is 4.39. The Morgan fingerprint density at radius 1 is 1.18 bits per heavy atom. The molecule has 2 aromatic rings. The second-order valence-corrected chi connectivity index (χ2v) is 8.24. The zero-order valence-electron chi connectivity index (χ0n) is 15.4. The average Bonchev–Trinajstić information content (AvgIpc) is 3.32. The highest BCUT2D eigenvalue weighted by molar-refractivity contribution is 7.12. The van der Waals surface area contributed by atoms with Gasteiger partial charge >= 0.3 is 11.8 Å². The summed E-state index contributed by atoms with van der Waals surface area (Å²) in [6, 6.07) is 6.56. The van der Waals surface area contributed by atoms with Crippen molar-refractivity contribution in [2.45, 2.75) is 44.1 Å². The molecule has 0 radical (unpaired) electrons. The molecule has 0 saturated heterocycles. The molecular formula is C20H22F2N2O3S. The van der Waals surface area contributed by atoms with E-state index in [1.165, 1.54) is 11.3 Å². The number of thiophene rings is 1. The molecule has 2 amide bonds. The smallest absolute Gasteiger partial charge is 0.313 e. The van der Waals surface area contributed by atoms with Gasteiger partial charge in [-0.1, -0.05) is 12.8 Å². The summed E-state index contributed by atoms with van der Waals surface area (Å²) in [5.74, 6) is -3.59. The maximum Gasteiger partial charge on any atom is 0.313 e. The maximum absolute atomic E-state index is 13.7. The van der Waals surface area contributed by atoms with Crippen LogP contribution in [0.2, 0.25) is 0 Å². The summed E-state index contributed by atoms with van der Waals surface area (Å²) in [5, 5.41) is 14.6. The fourth-order valence-corrected chi connectivity index (χ4v) is 4.71. The van der Waals surface area contributed by atoms with Crippen LogP contribution in [-0.4, -0.2) is 23.5 Å². The predicted molar refractivity (Wildman–Crippen MR) is 103 cm³/mol. The highest BCUT2D eigenvalue weighted by atomic mass is 32.1. The molecule has 8 heteroatoms. The van der Waals surface area contributed by atoms with Crippen LogP contribution >= 0.6 is 11.3 Å². The first-order valence-corrected chi connectivity index (χ1v) is 9.95. The summed E-state index contributed by atoms with van der Waals surface area (Å²) in [5.41, 5.74) is -0.522. The third-order valence-corrected chi connectivity index (χ3v) is 6.60. The second kappa shape index (κ2) is 8.36. The van der Waals surface area contributed by atoms with E-state index in [0.717, 1.165) is 47.6 Å². The van der Waals surface area contributed by atoms with Gasteiger partial charge < -0.3 is 15.7 Å². The lowest BCUT2D eigenvalue weighted by atomic mass is 9.84. The number of benzene rings is 1. The number of aliphatic hydroxyl groups excluding tert-OH is 1. The fourth-order valence-electron chi connectivity index (χ4n) is 3.52. The quantitative estimate of drug-likeness (QED) is 0.661. The van der Waals surface area contributed by atoms with Crippen molar-refractivity contribution in [3.63, 3.8) is 0 Å². The second-order valence-electron chi connectivity index (χ2n) is 7.13. The van der Waals surface area contributed by atoms with Crippen LogP contribution in [0.3, 0.4) is 0 Å². The molecule has 0 spiro atoms. The molecule has 0 bridgehead atoms. The maximum atomic E-state index is 13.7. The Kier molecular flexibility index (Phi) is 6.10. The van der Waals surface area contributed by atoms with Crippen LogP contribution in [0.4, 0.5) is 14.5 Å². The lowest BCUT2D eigenvalue weighted by Gasteiger charge is -2.28. The minimum absolute atomic E-state index is 0.253. The zero-order valence-corrected chi connectivity index (χ0v) is 16.2. The Hall–Kier alpha value is -2.32. The molecule has 3 N–H and O–H groups in total. The normalized spacial score (nSPS) is 16.6. The van der Waals surface area contributed by atoms with Gasteiger partial charge in [-0.25, -0.2) is 8.78 Å². The van der Waals surface area contributed by atoms with Crippen LogP contribution in [0.25, 0.3) is 0 Å². The number of hydrogen-bond acceptors (Lipinski definition) is 4. The minimum Gasteiger partial charge on any atom is -0.388 e. The number of amides is 2. The van der Waals surface area contributed by atoms with Gasteiger partial charge in [0.1, 0.15) is 11.6 Å². The molecule has 1 aromatic carbocycles. The first kappa shape index (κ1) is 20.4. The van der Waals surface area contributed by atoms with Crippen molar-refractivity contribution in [1.82, 2.24) is 5.32 Å². The van der Waals surface area contributed by atoms with E-state index in [4.69, 9.17) is 0 Å². The van der Waals surface area contributed by atoms with Gasteiger partial charge in [0.05, 0.1) is 11.8 Å². The number of halogens is 2. The van der Waals surface area contributed by atoms with E-state index in [1.807, 2.05) is 12.1 Å². The van der Waals surface area contributed by atoms with Crippen molar-refractivity contribution in [3.05, 3.63) is 51.7 Å². The first-order chi connectivity index (χ1) is 13.3. The molecule has 28 heavy (non-hydrogen) atoms. The van der Waals surface area contributed by atoms with Crippen LogP contribution in [-0.2, 0) is 15.0 Å². The Labute approximate surface area is 165 Å². The van der Waals surface area contributed by atoms with Crippen molar-refractivity contribution in [2.75, 3.05) is 11.9 Å². The van der Waals surface area contributed by atoms with Crippen molar-refractivity contribution in [1.29, 1.82) is 0 Å². The molecule has 3 rings (SSSR count). The number of nitrogens with one attached hydrogen (secondary N) is 2. The number of hydrogen-bond donors (Lipinski definition) is 3. The number of aliphatic hydroxyl groups is 1. The van der Waals surface area contributed by atoms with Crippen molar-refractivity contribution >= 4 is 28.8 Å². The Morgan fingerprint density at radius 2 is 1.89 bits per heavy atom. The van der Waals surface area contributed by atoms with Gasteiger partial charge in [-0.2, -0.15) is 0 Å². The van der Waals surface area contributed by atoms with Gasteiger partial charge in [-0.05, 0) is 44.0 Å². The Bertz CT molecular complexity index is 876. The van der Waals surface area contributed by atoms with Gasteiger partial charge in [0.2, 0.25) is 0 Å². The van der Waals surface area contributed by atoms with E-state index in [2.05, 4.69) is 10.6 Å². The van der Waals surface area contributed by atoms with E-state index >= 15 is 0 Å². The number of rotatable bonds is 5. The Balaban J connectivity index is 1.66. The molecule has 1 heterocycles. The molecule has 1 atom stereocenters. The molecule has 1 unspecified atom stereocenters. The highest BCUT2D eigenvalue weighted by Gasteiger charge is 2.38. The molecule has 1 aliphatic carbocycles. The monoisotopic (exact) mass is 408 g/mol. The molecule has 0 aliphatic heterocycles.